The van der Waals surface area contributed by atoms with Gasteiger partial charge in [0.05, 0.1) is 22.2 Å². The van der Waals surface area contributed by atoms with Gasteiger partial charge in [-0.3, -0.25) is 0 Å². The summed E-state index contributed by atoms with van der Waals surface area (Å²) in [5, 5.41) is 0. The van der Waals surface area contributed by atoms with E-state index in [-0.39, 0.29) is 5.56 Å². The van der Waals surface area contributed by atoms with E-state index in [0.717, 1.165) is 18.9 Å². The number of nitrogens with one attached hydrogen (secondary N) is 1. The lowest BCUT2D eigenvalue weighted by Gasteiger charge is -2.19. The van der Waals surface area contributed by atoms with Crippen LogP contribution in [-0.4, -0.2) is 9.97 Å². The Labute approximate surface area is 175 Å². The first-order chi connectivity index (χ1) is 14.6. The molecule has 1 fully saturated rings. The highest BCUT2D eigenvalue weighted by Crippen LogP contribution is 2.44. The summed E-state index contributed by atoms with van der Waals surface area (Å²) in [6.45, 7) is 0. The van der Waals surface area contributed by atoms with E-state index in [2.05, 4.69) is 16.0 Å². The van der Waals surface area contributed by atoms with E-state index in [9.17, 15) is 26.3 Å². The average Bonchev–Trinajstić information content (AvgIpc) is 3.13. The molecule has 1 aromatic heterocycles. The number of halogens is 6. The van der Waals surface area contributed by atoms with Crippen LogP contribution in [0.15, 0.2) is 42.5 Å². The van der Waals surface area contributed by atoms with Gasteiger partial charge in [0, 0.05) is 5.56 Å². The third-order valence-electron chi connectivity index (χ3n) is 5.64. The maximum Gasteiger partial charge on any atom is 0.417 e. The van der Waals surface area contributed by atoms with Crippen molar-refractivity contribution in [2.75, 3.05) is 0 Å². The van der Waals surface area contributed by atoms with E-state index in [1.165, 1.54) is 37.5 Å². The molecule has 1 N–H and O–H groups in total. The second-order valence-electron chi connectivity index (χ2n) is 7.83. The Hall–Kier alpha value is -2.77. The minimum absolute atomic E-state index is 0.167. The topological polar surface area (TPSA) is 28.7 Å². The van der Waals surface area contributed by atoms with Gasteiger partial charge in [-0.15, -0.1) is 0 Å². The summed E-state index contributed by atoms with van der Waals surface area (Å²) in [6.07, 6.45) is -0.140. The third-order valence-corrected chi connectivity index (χ3v) is 5.64. The van der Waals surface area contributed by atoms with Gasteiger partial charge in [-0.1, -0.05) is 37.5 Å². The number of hydrogen-bond acceptors (Lipinski definition) is 1. The Kier molecular flexibility index (Phi) is 5.58. The summed E-state index contributed by atoms with van der Waals surface area (Å²) in [6, 6.07) is 6.09. The van der Waals surface area contributed by atoms with Crippen LogP contribution in [0.5, 0.6) is 0 Å². The number of fused-ring (bicyclic) bond motifs is 1. The van der Waals surface area contributed by atoms with Crippen molar-refractivity contribution in [1.82, 2.24) is 9.97 Å². The minimum atomic E-state index is -4.92. The normalized spacial score (nSPS) is 16.5. The standard InChI is InChI=1S/C23H20F6N2/c24-22(25,26)16-7-4-8-17(23(27,28)29)21(16)15-10-11-18-19(13-15)31-20(30-18)12-9-14-5-2-1-3-6-14/h4,7-14H,1-3,5-6H2,(H,30,31). The number of imidazole rings is 1. The third kappa shape index (κ3) is 4.62. The number of aromatic nitrogens is 2. The summed E-state index contributed by atoms with van der Waals surface area (Å²) in [5.74, 6) is 0.989. The fourth-order valence-corrected chi connectivity index (χ4v) is 4.15. The minimum Gasteiger partial charge on any atom is -0.338 e. The van der Waals surface area contributed by atoms with Crippen molar-refractivity contribution in [3.05, 3.63) is 59.4 Å². The second kappa shape index (κ2) is 8.05. The highest BCUT2D eigenvalue weighted by molar-refractivity contribution is 5.85. The predicted octanol–water partition coefficient (Wildman–Crippen LogP) is 7.86. The lowest BCUT2D eigenvalue weighted by atomic mass is 9.89. The SMILES string of the molecule is FC(F)(F)c1cccc(C(F)(F)F)c1-c1ccc2nc(C=CC3CCCCC3)[nH]c2c1. The molecule has 31 heavy (non-hydrogen) atoms. The predicted molar refractivity (Wildman–Crippen MR) is 107 cm³/mol. The molecule has 1 heterocycles. The Morgan fingerprint density at radius 1 is 0.871 bits per heavy atom. The van der Waals surface area contributed by atoms with Crippen molar-refractivity contribution in [3.63, 3.8) is 0 Å². The monoisotopic (exact) mass is 438 g/mol. The molecular formula is C23H20F6N2. The molecule has 0 unspecified atom stereocenters. The first-order valence-electron chi connectivity index (χ1n) is 10.1. The van der Waals surface area contributed by atoms with Crippen LogP contribution in [0.1, 0.15) is 49.1 Å². The molecule has 0 saturated heterocycles. The molecule has 1 saturated carbocycles. The zero-order chi connectivity index (χ0) is 22.2. The molecule has 1 aliphatic carbocycles. The zero-order valence-corrected chi connectivity index (χ0v) is 16.4. The van der Waals surface area contributed by atoms with Crippen molar-refractivity contribution in [3.8, 4) is 11.1 Å². The van der Waals surface area contributed by atoms with Crippen LogP contribution >= 0.6 is 0 Å². The van der Waals surface area contributed by atoms with Crippen LogP contribution in [0.3, 0.4) is 0 Å². The molecular weight excluding hydrogens is 418 g/mol. The van der Waals surface area contributed by atoms with Crippen LogP contribution < -0.4 is 0 Å². The Bertz CT molecular complexity index is 1070. The van der Waals surface area contributed by atoms with Gasteiger partial charge in [0.2, 0.25) is 0 Å². The maximum atomic E-state index is 13.5. The quantitative estimate of drug-likeness (QED) is 0.414. The van der Waals surface area contributed by atoms with E-state index in [1.54, 1.807) is 0 Å². The molecule has 2 nitrogen and oxygen atoms in total. The van der Waals surface area contributed by atoms with Crippen LogP contribution in [0.2, 0.25) is 0 Å². The van der Waals surface area contributed by atoms with Crippen LogP contribution in [0.25, 0.3) is 28.2 Å². The van der Waals surface area contributed by atoms with E-state index >= 15 is 0 Å². The first kappa shape index (κ1) is 21.5. The number of aromatic amines is 1. The molecule has 0 spiro atoms. The van der Waals surface area contributed by atoms with Gasteiger partial charge in [0.1, 0.15) is 5.82 Å². The summed E-state index contributed by atoms with van der Waals surface area (Å²) in [7, 11) is 0. The van der Waals surface area contributed by atoms with E-state index in [4.69, 9.17) is 0 Å². The lowest BCUT2D eigenvalue weighted by molar-refractivity contribution is -0.142. The fourth-order valence-electron chi connectivity index (χ4n) is 4.15. The van der Waals surface area contributed by atoms with E-state index in [0.29, 0.717) is 34.9 Å². The smallest absolute Gasteiger partial charge is 0.338 e. The van der Waals surface area contributed by atoms with Crippen molar-refractivity contribution in [2.45, 2.75) is 44.5 Å². The molecule has 0 amide bonds. The molecule has 0 radical (unpaired) electrons. The summed E-state index contributed by atoms with van der Waals surface area (Å²) >= 11 is 0. The number of alkyl halides is 6. The van der Waals surface area contributed by atoms with Gasteiger partial charge in [-0.2, -0.15) is 26.3 Å². The summed E-state index contributed by atoms with van der Waals surface area (Å²) in [5.41, 5.74) is -2.83. The van der Waals surface area contributed by atoms with Crippen molar-refractivity contribution < 1.29 is 26.3 Å². The number of rotatable bonds is 3. The summed E-state index contributed by atoms with van der Waals surface area (Å²) in [4.78, 5) is 7.39. The van der Waals surface area contributed by atoms with E-state index in [1.807, 2.05) is 6.08 Å². The highest BCUT2D eigenvalue weighted by atomic mass is 19.4. The van der Waals surface area contributed by atoms with Gasteiger partial charge in [-0.05, 0) is 54.7 Å². The highest BCUT2D eigenvalue weighted by Gasteiger charge is 2.41. The molecule has 0 atom stereocenters. The molecule has 0 bridgehead atoms. The van der Waals surface area contributed by atoms with E-state index < -0.39 is 29.0 Å². The Balaban J connectivity index is 1.76. The molecule has 4 rings (SSSR count). The van der Waals surface area contributed by atoms with Gasteiger partial charge in [0.15, 0.2) is 0 Å². The number of hydrogen-bond donors (Lipinski definition) is 1. The van der Waals surface area contributed by atoms with Gasteiger partial charge in [0.25, 0.3) is 0 Å². The van der Waals surface area contributed by atoms with Crippen molar-refractivity contribution in [1.29, 1.82) is 0 Å². The largest absolute Gasteiger partial charge is 0.417 e. The lowest BCUT2D eigenvalue weighted by Crippen LogP contribution is -2.14. The maximum absolute atomic E-state index is 13.5. The first-order valence-corrected chi connectivity index (χ1v) is 10.1. The fraction of sp³-hybridized carbons (Fsp3) is 0.348. The number of benzene rings is 2. The van der Waals surface area contributed by atoms with Crippen molar-refractivity contribution >= 4 is 17.1 Å². The average molecular weight is 438 g/mol. The van der Waals surface area contributed by atoms with Crippen LogP contribution in [-0.2, 0) is 12.4 Å². The zero-order valence-electron chi connectivity index (χ0n) is 16.4. The molecule has 2 aromatic carbocycles. The van der Waals surface area contributed by atoms with Crippen molar-refractivity contribution in [2.24, 2.45) is 5.92 Å². The van der Waals surface area contributed by atoms with Crippen LogP contribution in [0.4, 0.5) is 26.3 Å². The molecule has 164 valence electrons. The molecule has 1 aliphatic rings. The molecule has 8 heteroatoms. The summed E-state index contributed by atoms with van der Waals surface area (Å²) < 4.78 is 81.0. The number of H-pyrrole nitrogens is 1. The van der Waals surface area contributed by atoms with Gasteiger partial charge >= 0.3 is 12.4 Å². The van der Waals surface area contributed by atoms with Gasteiger partial charge < -0.3 is 4.98 Å². The Morgan fingerprint density at radius 2 is 1.52 bits per heavy atom. The van der Waals surface area contributed by atoms with Crippen LogP contribution in [0, 0.1) is 5.92 Å². The number of allylic oxidation sites excluding steroid dienone is 1. The Morgan fingerprint density at radius 3 is 2.13 bits per heavy atom. The molecule has 3 aromatic rings. The van der Waals surface area contributed by atoms with Gasteiger partial charge in [-0.25, -0.2) is 4.98 Å². The second-order valence-corrected chi connectivity index (χ2v) is 7.83. The molecule has 0 aliphatic heterocycles. The number of nitrogens with zero attached hydrogens (tertiary/aromatic N) is 1.